The predicted molar refractivity (Wildman–Crippen MR) is 113 cm³/mol. The van der Waals surface area contributed by atoms with E-state index < -0.39 is 0 Å². The van der Waals surface area contributed by atoms with E-state index in [0.29, 0.717) is 23.4 Å². The number of hydrogen-bond donors (Lipinski definition) is 2. The van der Waals surface area contributed by atoms with Crippen LogP contribution < -0.4 is 10.2 Å². The molecule has 1 saturated heterocycles. The number of nitrogens with one attached hydrogen (secondary N) is 1. The van der Waals surface area contributed by atoms with Gasteiger partial charge in [0.1, 0.15) is 11.4 Å². The lowest BCUT2D eigenvalue weighted by Crippen LogP contribution is -2.56. The molecule has 2 N–H and O–H groups in total. The normalized spacial score (nSPS) is 34.6. The summed E-state index contributed by atoms with van der Waals surface area (Å²) in [7, 11) is 0. The summed E-state index contributed by atoms with van der Waals surface area (Å²) in [5.41, 5.74) is 0.497. The molecule has 0 aromatic carbocycles. The second kappa shape index (κ2) is 7.00. The van der Waals surface area contributed by atoms with Gasteiger partial charge in [-0.05, 0) is 89.4 Å². The van der Waals surface area contributed by atoms with Crippen LogP contribution in [0.4, 0.5) is 5.82 Å². The summed E-state index contributed by atoms with van der Waals surface area (Å²) < 4.78 is 2.00. The van der Waals surface area contributed by atoms with Gasteiger partial charge in [-0.3, -0.25) is 4.79 Å². The molecular weight excluding hydrogens is 364 g/mol. The van der Waals surface area contributed by atoms with Gasteiger partial charge in [0.15, 0.2) is 0 Å². The molecule has 0 atom stereocenters. The number of hydrogen-bond acceptors (Lipinski definition) is 4. The lowest BCUT2D eigenvalue weighted by molar-refractivity contribution is -0.0119. The minimum Gasteiger partial charge on any atom is -0.393 e. The standard InChI is InChI=1S/C23H36N4O2/c1-23(2,3)27-22(26-6-4-18(28)5-7-26)19(13-24-27)21(29)25-20-16-9-14-8-15(11-16)12-17(20)10-14/h13-18,20,28H,4-12H2,1-3H3,(H,25,29). The molecule has 4 saturated carbocycles. The highest BCUT2D eigenvalue weighted by molar-refractivity contribution is 5.99. The number of carbonyl (C=O) groups excluding carboxylic acids is 1. The largest absolute Gasteiger partial charge is 0.393 e. The number of rotatable bonds is 3. The van der Waals surface area contributed by atoms with Gasteiger partial charge in [0.05, 0.1) is 17.8 Å². The lowest BCUT2D eigenvalue weighted by atomic mass is 9.54. The van der Waals surface area contributed by atoms with E-state index in [9.17, 15) is 9.90 Å². The summed E-state index contributed by atoms with van der Waals surface area (Å²) in [4.78, 5) is 15.7. The van der Waals surface area contributed by atoms with E-state index in [-0.39, 0.29) is 17.6 Å². The highest BCUT2D eigenvalue weighted by atomic mass is 16.3. The minimum absolute atomic E-state index is 0.0408. The van der Waals surface area contributed by atoms with Crippen LogP contribution in [0, 0.1) is 23.7 Å². The molecule has 1 amide bonds. The van der Waals surface area contributed by atoms with Crippen molar-refractivity contribution in [1.29, 1.82) is 0 Å². The van der Waals surface area contributed by atoms with Gasteiger partial charge in [-0.25, -0.2) is 4.68 Å². The molecule has 29 heavy (non-hydrogen) atoms. The Morgan fingerprint density at radius 3 is 2.21 bits per heavy atom. The topological polar surface area (TPSA) is 70.4 Å². The van der Waals surface area contributed by atoms with Gasteiger partial charge in [-0.2, -0.15) is 5.10 Å². The van der Waals surface area contributed by atoms with Crippen molar-refractivity contribution in [3.05, 3.63) is 11.8 Å². The first-order valence-electron chi connectivity index (χ1n) is 11.6. The Balaban J connectivity index is 1.40. The summed E-state index contributed by atoms with van der Waals surface area (Å²) in [6.07, 6.45) is 9.65. The zero-order chi connectivity index (χ0) is 20.3. The first-order valence-corrected chi connectivity index (χ1v) is 11.6. The number of aliphatic hydroxyl groups excluding tert-OH is 1. The van der Waals surface area contributed by atoms with Gasteiger partial charge in [0.25, 0.3) is 5.91 Å². The van der Waals surface area contributed by atoms with Crippen LogP contribution in [0.25, 0.3) is 0 Å². The van der Waals surface area contributed by atoms with E-state index in [2.05, 4.69) is 36.1 Å². The van der Waals surface area contributed by atoms with Crippen LogP contribution in [0.5, 0.6) is 0 Å². The third-order valence-corrected chi connectivity index (χ3v) is 7.91. The molecule has 160 valence electrons. The molecule has 1 aromatic rings. The molecule has 1 aliphatic heterocycles. The Hall–Kier alpha value is -1.56. The Morgan fingerprint density at radius 2 is 1.66 bits per heavy atom. The molecule has 0 unspecified atom stereocenters. The lowest BCUT2D eigenvalue weighted by Gasteiger charge is -2.54. The molecule has 5 fully saturated rings. The second-order valence-electron chi connectivity index (χ2n) is 11.1. The average molecular weight is 401 g/mol. The van der Waals surface area contributed by atoms with Crippen molar-refractivity contribution in [3.8, 4) is 0 Å². The number of carbonyl (C=O) groups is 1. The van der Waals surface area contributed by atoms with Crippen molar-refractivity contribution in [2.24, 2.45) is 23.7 Å². The summed E-state index contributed by atoms with van der Waals surface area (Å²) in [6, 6.07) is 0.337. The van der Waals surface area contributed by atoms with Crippen molar-refractivity contribution in [2.75, 3.05) is 18.0 Å². The van der Waals surface area contributed by atoms with Crippen LogP contribution in [0.1, 0.15) is 76.1 Å². The molecule has 6 rings (SSSR count). The number of piperidine rings is 1. The highest BCUT2D eigenvalue weighted by Gasteiger charge is 2.49. The maximum Gasteiger partial charge on any atom is 0.256 e. The third-order valence-electron chi connectivity index (χ3n) is 7.91. The summed E-state index contributed by atoms with van der Waals surface area (Å²) in [5, 5.41) is 18.0. The van der Waals surface area contributed by atoms with Crippen LogP contribution in [0.15, 0.2) is 6.20 Å². The van der Waals surface area contributed by atoms with Crippen LogP contribution in [-0.4, -0.2) is 46.0 Å². The van der Waals surface area contributed by atoms with E-state index in [1.54, 1.807) is 6.20 Å². The van der Waals surface area contributed by atoms with E-state index >= 15 is 0 Å². The summed E-state index contributed by atoms with van der Waals surface area (Å²) in [5.74, 6) is 4.11. The molecule has 1 aromatic heterocycles. The van der Waals surface area contributed by atoms with Gasteiger partial charge in [0.2, 0.25) is 0 Å². The molecular formula is C23H36N4O2. The SMILES string of the molecule is CC(C)(C)n1ncc(C(=O)NC2C3CC4CC(C3)CC2C4)c1N1CCC(O)CC1. The first kappa shape index (κ1) is 19.4. The van der Waals surface area contributed by atoms with Gasteiger partial charge < -0.3 is 15.3 Å². The van der Waals surface area contributed by atoms with Gasteiger partial charge in [0, 0.05) is 19.1 Å². The average Bonchev–Trinajstić information content (AvgIpc) is 3.10. The van der Waals surface area contributed by atoms with Gasteiger partial charge in [-0.1, -0.05) is 0 Å². The molecule has 6 heteroatoms. The van der Waals surface area contributed by atoms with Gasteiger partial charge in [-0.15, -0.1) is 0 Å². The maximum absolute atomic E-state index is 13.5. The van der Waals surface area contributed by atoms with Crippen molar-refractivity contribution < 1.29 is 9.90 Å². The summed E-state index contributed by atoms with van der Waals surface area (Å²) in [6.45, 7) is 7.91. The maximum atomic E-state index is 13.5. The van der Waals surface area contributed by atoms with Crippen molar-refractivity contribution in [2.45, 2.75) is 83.4 Å². The zero-order valence-corrected chi connectivity index (χ0v) is 18.1. The highest BCUT2D eigenvalue weighted by Crippen LogP contribution is 2.53. The third kappa shape index (κ3) is 3.47. The number of aliphatic hydroxyl groups is 1. The zero-order valence-electron chi connectivity index (χ0n) is 18.1. The van der Waals surface area contributed by atoms with Crippen molar-refractivity contribution >= 4 is 11.7 Å². The number of aromatic nitrogens is 2. The fraction of sp³-hybridized carbons (Fsp3) is 0.826. The fourth-order valence-electron chi connectivity index (χ4n) is 6.77. The number of nitrogens with zero attached hydrogens (tertiary/aromatic N) is 3. The van der Waals surface area contributed by atoms with E-state index in [0.717, 1.165) is 43.6 Å². The smallest absolute Gasteiger partial charge is 0.256 e. The number of amides is 1. The fourth-order valence-corrected chi connectivity index (χ4v) is 6.77. The quantitative estimate of drug-likeness (QED) is 0.818. The van der Waals surface area contributed by atoms with Crippen LogP contribution >= 0.6 is 0 Å². The molecule has 0 spiro atoms. The molecule has 6 nitrogen and oxygen atoms in total. The minimum atomic E-state index is -0.234. The predicted octanol–water partition coefficient (Wildman–Crippen LogP) is 3.15. The van der Waals surface area contributed by atoms with E-state index in [1.807, 2.05) is 4.68 Å². The Labute approximate surface area is 174 Å². The monoisotopic (exact) mass is 400 g/mol. The Morgan fingerprint density at radius 1 is 1.07 bits per heavy atom. The Bertz CT molecular complexity index is 744. The molecule has 4 bridgehead atoms. The first-order chi connectivity index (χ1) is 13.8. The van der Waals surface area contributed by atoms with Crippen molar-refractivity contribution in [1.82, 2.24) is 15.1 Å². The van der Waals surface area contributed by atoms with E-state index in [4.69, 9.17) is 0 Å². The molecule has 5 aliphatic rings. The van der Waals surface area contributed by atoms with Crippen LogP contribution in [0.2, 0.25) is 0 Å². The molecule has 2 heterocycles. The Kier molecular flexibility index (Phi) is 4.68. The molecule has 0 radical (unpaired) electrons. The van der Waals surface area contributed by atoms with Crippen LogP contribution in [-0.2, 0) is 5.54 Å². The second-order valence-corrected chi connectivity index (χ2v) is 11.1. The molecule has 4 aliphatic carbocycles. The van der Waals surface area contributed by atoms with Crippen LogP contribution in [0.3, 0.4) is 0 Å². The van der Waals surface area contributed by atoms with E-state index in [1.165, 1.54) is 32.1 Å². The van der Waals surface area contributed by atoms with Crippen molar-refractivity contribution in [3.63, 3.8) is 0 Å². The van der Waals surface area contributed by atoms with Gasteiger partial charge >= 0.3 is 0 Å². The number of anilines is 1. The summed E-state index contributed by atoms with van der Waals surface area (Å²) >= 11 is 0.